The Morgan fingerprint density at radius 3 is 2.14 bits per heavy atom. The summed E-state index contributed by atoms with van der Waals surface area (Å²) in [5.41, 5.74) is 5.93. The Kier molecular flexibility index (Phi) is 3.13. The van der Waals surface area contributed by atoms with Gasteiger partial charge in [0.1, 0.15) is 0 Å². The SMILES string of the molecule is CC(C1CC1)N(C)C1CCC(N)CC1. The summed E-state index contributed by atoms with van der Waals surface area (Å²) >= 11 is 0. The molecular weight excluding hydrogens is 172 g/mol. The van der Waals surface area contributed by atoms with Crippen LogP contribution in [0.25, 0.3) is 0 Å². The van der Waals surface area contributed by atoms with Crippen LogP contribution in [0.1, 0.15) is 45.4 Å². The molecule has 0 radical (unpaired) electrons. The predicted octanol–water partition coefficient (Wildman–Crippen LogP) is 1.99. The zero-order valence-electron chi connectivity index (χ0n) is 9.58. The number of hydrogen-bond acceptors (Lipinski definition) is 2. The molecule has 0 saturated heterocycles. The zero-order chi connectivity index (χ0) is 10.1. The summed E-state index contributed by atoms with van der Waals surface area (Å²) in [6.07, 6.45) is 8.00. The maximum atomic E-state index is 5.93. The highest BCUT2D eigenvalue weighted by molar-refractivity contribution is 4.88. The average molecular weight is 196 g/mol. The van der Waals surface area contributed by atoms with Crippen LogP contribution in [0.2, 0.25) is 0 Å². The Labute approximate surface area is 87.8 Å². The van der Waals surface area contributed by atoms with Gasteiger partial charge in [0.25, 0.3) is 0 Å². The lowest BCUT2D eigenvalue weighted by Gasteiger charge is -2.37. The van der Waals surface area contributed by atoms with Crippen molar-refractivity contribution < 1.29 is 0 Å². The van der Waals surface area contributed by atoms with Crippen molar-refractivity contribution in [3.8, 4) is 0 Å². The van der Waals surface area contributed by atoms with Gasteiger partial charge in [-0.15, -0.1) is 0 Å². The third-order valence-corrected chi connectivity index (χ3v) is 4.26. The van der Waals surface area contributed by atoms with E-state index < -0.39 is 0 Å². The molecule has 0 aromatic heterocycles. The van der Waals surface area contributed by atoms with Crippen molar-refractivity contribution in [1.82, 2.24) is 4.90 Å². The molecule has 1 unspecified atom stereocenters. The van der Waals surface area contributed by atoms with Gasteiger partial charge in [0, 0.05) is 18.1 Å². The molecule has 2 nitrogen and oxygen atoms in total. The van der Waals surface area contributed by atoms with Crippen LogP contribution in [0.15, 0.2) is 0 Å². The van der Waals surface area contributed by atoms with Gasteiger partial charge >= 0.3 is 0 Å². The third kappa shape index (κ3) is 2.29. The van der Waals surface area contributed by atoms with E-state index in [9.17, 15) is 0 Å². The Hall–Kier alpha value is -0.0800. The second kappa shape index (κ2) is 4.19. The van der Waals surface area contributed by atoms with Gasteiger partial charge in [-0.1, -0.05) is 0 Å². The fourth-order valence-electron chi connectivity index (χ4n) is 2.75. The fourth-order valence-corrected chi connectivity index (χ4v) is 2.75. The second-order valence-corrected chi connectivity index (χ2v) is 5.31. The van der Waals surface area contributed by atoms with Crippen LogP contribution in [0, 0.1) is 5.92 Å². The number of nitrogens with two attached hydrogens (primary N) is 1. The topological polar surface area (TPSA) is 29.3 Å². The molecule has 2 aliphatic carbocycles. The quantitative estimate of drug-likeness (QED) is 0.748. The van der Waals surface area contributed by atoms with E-state index in [0.717, 1.165) is 18.0 Å². The molecule has 2 fully saturated rings. The zero-order valence-corrected chi connectivity index (χ0v) is 9.58. The van der Waals surface area contributed by atoms with E-state index in [1.807, 2.05) is 0 Å². The molecule has 82 valence electrons. The molecule has 2 heteroatoms. The van der Waals surface area contributed by atoms with Gasteiger partial charge < -0.3 is 10.6 Å². The Balaban J connectivity index is 1.81. The highest BCUT2D eigenvalue weighted by Crippen LogP contribution is 2.36. The van der Waals surface area contributed by atoms with Crippen LogP contribution >= 0.6 is 0 Å². The Morgan fingerprint density at radius 1 is 1.07 bits per heavy atom. The van der Waals surface area contributed by atoms with Crippen LogP contribution in [-0.2, 0) is 0 Å². The summed E-state index contributed by atoms with van der Waals surface area (Å²) in [6, 6.07) is 2.09. The van der Waals surface area contributed by atoms with E-state index in [1.54, 1.807) is 0 Å². The lowest BCUT2D eigenvalue weighted by atomic mass is 9.90. The molecule has 2 saturated carbocycles. The minimum Gasteiger partial charge on any atom is -0.328 e. The van der Waals surface area contributed by atoms with Crippen LogP contribution in [-0.4, -0.2) is 30.1 Å². The maximum absolute atomic E-state index is 5.93. The molecule has 0 bridgehead atoms. The first-order valence-corrected chi connectivity index (χ1v) is 6.16. The van der Waals surface area contributed by atoms with Crippen LogP contribution in [0.3, 0.4) is 0 Å². The Bertz CT molecular complexity index is 181. The third-order valence-electron chi connectivity index (χ3n) is 4.26. The van der Waals surface area contributed by atoms with Crippen molar-refractivity contribution in [1.29, 1.82) is 0 Å². The van der Waals surface area contributed by atoms with Gasteiger partial charge in [-0.3, -0.25) is 0 Å². The van der Waals surface area contributed by atoms with E-state index >= 15 is 0 Å². The van der Waals surface area contributed by atoms with Crippen molar-refractivity contribution in [2.75, 3.05) is 7.05 Å². The molecule has 0 amide bonds. The number of nitrogens with zero attached hydrogens (tertiary/aromatic N) is 1. The van der Waals surface area contributed by atoms with E-state index in [2.05, 4.69) is 18.9 Å². The first-order valence-electron chi connectivity index (χ1n) is 6.16. The van der Waals surface area contributed by atoms with Gasteiger partial charge in [-0.2, -0.15) is 0 Å². The summed E-state index contributed by atoms with van der Waals surface area (Å²) in [5, 5.41) is 0. The van der Waals surface area contributed by atoms with Crippen LogP contribution in [0.4, 0.5) is 0 Å². The standard InChI is InChI=1S/C12H24N2/c1-9(10-3-4-10)14(2)12-7-5-11(13)6-8-12/h9-12H,3-8,13H2,1-2H3. The minimum atomic E-state index is 0.482. The van der Waals surface area contributed by atoms with E-state index in [4.69, 9.17) is 5.73 Å². The van der Waals surface area contributed by atoms with Gasteiger partial charge in [-0.05, 0) is 58.4 Å². The molecule has 0 aliphatic heterocycles. The van der Waals surface area contributed by atoms with Crippen molar-refractivity contribution in [2.45, 2.75) is 63.6 Å². The molecule has 0 aromatic carbocycles. The van der Waals surface area contributed by atoms with Crippen molar-refractivity contribution >= 4 is 0 Å². The summed E-state index contributed by atoms with van der Waals surface area (Å²) in [6.45, 7) is 2.40. The lowest BCUT2D eigenvalue weighted by molar-refractivity contribution is 0.128. The summed E-state index contributed by atoms with van der Waals surface area (Å²) < 4.78 is 0. The van der Waals surface area contributed by atoms with E-state index in [0.29, 0.717) is 6.04 Å². The molecule has 14 heavy (non-hydrogen) atoms. The van der Waals surface area contributed by atoms with E-state index in [1.165, 1.54) is 38.5 Å². The summed E-state index contributed by atoms with van der Waals surface area (Å²) in [5.74, 6) is 0.996. The molecule has 2 N–H and O–H groups in total. The first-order chi connectivity index (χ1) is 6.68. The van der Waals surface area contributed by atoms with Gasteiger partial charge in [-0.25, -0.2) is 0 Å². The Morgan fingerprint density at radius 2 is 1.64 bits per heavy atom. The molecular formula is C12H24N2. The van der Waals surface area contributed by atoms with Gasteiger partial charge in [0.05, 0.1) is 0 Å². The highest BCUT2D eigenvalue weighted by Gasteiger charge is 2.34. The maximum Gasteiger partial charge on any atom is 0.00962 e. The smallest absolute Gasteiger partial charge is 0.00962 e. The number of rotatable bonds is 3. The molecule has 0 spiro atoms. The van der Waals surface area contributed by atoms with Gasteiger partial charge in [0.15, 0.2) is 0 Å². The van der Waals surface area contributed by atoms with Crippen molar-refractivity contribution in [3.05, 3.63) is 0 Å². The highest BCUT2D eigenvalue weighted by atomic mass is 15.2. The predicted molar refractivity (Wildman–Crippen MR) is 60.2 cm³/mol. The number of hydrogen-bond donors (Lipinski definition) is 1. The largest absolute Gasteiger partial charge is 0.328 e. The minimum absolute atomic E-state index is 0.482. The average Bonchev–Trinajstić information content (AvgIpc) is 3.00. The molecule has 1 atom stereocenters. The van der Waals surface area contributed by atoms with Crippen LogP contribution < -0.4 is 5.73 Å². The first kappa shape index (κ1) is 10.4. The molecule has 0 heterocycles. The monoisotopic (exact) mass is 196 g/mol. The van der Waals surface area contributed by atoms with E-state index in [-0.39, 0.29) is 0 Å². The molecule has 2 rings (SSSR count). The van der Waals surface area contributed by atoms with Crippen LogP contribution in [0.5, 0.6) is 0 Å². The second-order valence-electron chi connectivity index (χ2n) is 5.31. The lowest BCUT2D eigenvalue weighted by Crippen LogP contribution is -2.43. The normalized spacial score (nSPS) is 36.0. The van der Waals surface area contributed by atoms with Crippen molar-refractivity contribution in [3.63, 3.8) is 0 Å². The summed E-state index contributed by atoms with van der Waals surface area (Å²) in [4.78, 5) is 2.61. The van der Waals surface area contributed by atoms with Crippen molar-refractivity contribution in [2.24, 2.45) is 11.7 Å². The van der Waals surface area contributed by atoms with Gasteiger partial charge in [0.2, 0.25) is 0 Å². The summed E-state index contributed by atoms with van der Waals surface area (Å²) in [7, 11) is 2.31. The molecule has 0 aromatic rings. The fraction of sp³-hybridized carbons (Fsp3) is 1.00. The molecule has 2 aliphatic rings.